The number of aromatic nitrogens is 3. The molecule has 0 fully saturated rings. The molecule has 0 unspecified atom stereocenters. The average Bonchev–Trinajstić information content (AvgIpc) is 3.44. The highest BCUT2D eigenvalue weighted by Crippen LogP contribution is 2.44. The van der Waals surface area contributed by atoms with Crippen LogP contribution in [0.2, 0.25) is 0 Å². The third-order valence-electron chi connectivity index (χ3n) is 6.46. The van der Waals surface area contributed by atoms with Crippen molar-refractivity contribution in [2.45, 2.75) is 31.0 Å². The molecule has 0 radical (unpaired) electrons. The lowest BCUT2D eigenvalue weighted by Crippen LogP contribution is -2.50. The zero-order chi connectivity index (χ0) is 27.1. The molecule has 1 aromatic carbocycles. The maximum atomic E-state index is 13.5. The maximum Gasteiger partial charge on any atom is 0.422 e. The van der Waals surface area contributed by atoms with Gasteiger partial charge in [0.1, 0.15) is 24.1 Å². The second-order valence-electron chi connectivity index (χ2n) is 8.88. The molecule has 13 heteroatoms. The van der Waals surface area contributed by atoms with Gasteiger partial charge in [-0.25, -0.2) is 9.67 Å². The molecule has 192 valence electrons. The number of amides is 2. The van der Waals surface area contributed by atoms with Crippen LogP contribution in [0.5, 0.6) is 5.75 Å². The van der Waals surface area contributed by atoms with Crippen LogP contribution >= 0.6 is 0 Å². The molecule has 38 heavy (non-hydrogen) atoms. The maximum absolute atomic E-state index is 13.5. The Bertz CT molecular complexity index is 1530. The van der Waals surface area contributed by atoms with Gasteiger partial charge in [-0.3, -0.25) is 9.59 Å². The van der Waals surface area contributed by atoms with Crippen molar-refractivity contribution in [2.24, 2.45) is 0 Å². The summed E-state index contributed by atoms with van der Waals surface area (Å²) < 4.78 is 43.8. The third-order valence-corrected chi connectivity index (χ3v) is 6.46. The minimum Gasteiger partial charge on any atom is -0.484 e. The van der Waals surface area contributed by atoms with Crippen LogP contribution in [0, 0.1) is 22.7 Å². The Morgan fingerprint density at radius 1 is 1.26 bits per heavy atom. The number of nitriles is 2. The summed E-state index contributed by atoms with van der Waals surface area (Å²) in [6, 6.07) is 11.3. The lowest BCUT2D eigenvalue weighted by Gasteiger charge is -2.35. The van der Waals surface area contributed by atoms with E-state index in [-0.39, 0.29) is 35.8 Å². The molecule has 2 N–H and O–H groups in total. The smallest absolute Gasteiger partial charge is 0.422 e. The topological polar surface area (TPSA) is 146 Å². The number of nitrogens with zero attached hydrogens (tertiary/aromatic N) is 5. The molecule has 0 saturated carbocycles. The molecule has 2 amide bonds. The van der Waals surface area contributed by atoms with Crippen LogP contribution in [0.15, 0.2) is 36.5 Å². The van der Waals surface area contributed by atoms with E-state index in [0.717, 1.165) is 11.1 Å². The van der Waals surface area contributed by atoms with Crippen LogP contribution in [0.3, 0.4) is 0 Å². The Kier molecular flexibility index (Phi) is 5.99. The number of ether oxygens (including phenoxy) is 1. The summed E-state index contributed by atoms with van der Waals surface area (Å²) in [5.41, 5.74) is 1.15. The Hall–Kier alpha value is -4.91. The van der Waals surface area contributed by atoms with Crippen molar-refractivity contribution in [1.29, 1.82) is 10.5 Å². The molecular weight excluding hydrogens is 503 g/mol. The highest BCUT2D eigenvalue weighted by molar-refractivity contribution is 6.08. The number of hydrogen-bond acceptors (Lipinski definition) is 7. The summed E-state index contributed by atoms with van der Waals surface area (Å²) in [5.74, 6) is -0.983. The molecule has 5 rings (SSSR count). The van der Waals surface area contributed by atoms with Crippen LogP contribution in [-0.4, -0.2) is 45.9 Å². The number of halogens is 3. The van der Waals surface area contributed by atoms with E-state index < -0.39 is 30.1 Å². The van der Waals surface area contributed by atoms with E-state index in [0.29, 0.717) is 24.1 Å². The molecule has 1 aliphatic heterocycles. The fraction of sp³-hybridized carbons (Fsp3) is 0.280. The van der Waals surface area contributed by atoms with Gasteiger partial charge in [-0.2, -0.15) is 28.8 Å². The average molecular weight is 521 g/mol. The van der Waals surface area contributed by atoms with Crippen LogP contribution in [0.25, 0.3) is 5.82 Å². The van der Waals surface area contributed by atoms with Gasteiger partial charge in [-0.1, -0.05) is 6.07 Å². The monoisotopic (exact) mass is 521 g/mol. The van der Waals surface area contributed by atoms with Crippen molar-refractivity contribution in [3.05, 3.63) is 70.2 Å². The summed E-state index contributed by atoms with van der Waals surface area (Å²) >= 11 is 0. The lowest BCUT2D eigenvalue weighted by molar-refractivity contribution is -0.153. The Balaban J connectivity index is 1.53. The SMILES string of the molecule is N#CCNC(=O)c1c2c(nn1-c1ccc(C#N)cn1)C[C@@]1(CCc3cc(OCC(F)(F)F)ccc31)NC2=O. The van der Waals surface area contributed by atoms with Crippen LogP contribution < -0.4 is 15.4 Å². The van der Waals surface area contributed by atoms with Gasteiger partial charge in [0.05, 0.1) is 28.4 Å². The number of rotatable bonds is 5. The molecule has 3 aromatic rings. The van der Waals surface area contributed by atoms with E-state index in [1.54, 1.807) is 6.07 Å². The molecule has 2 aliphatic rings. The highest BCUT2D eigenvalue weighted by Gasteiger charge is 2.47. The van der Waals surface area contributed by atoms with Gasteiger partial charge in [-0.15, -0.1) is 0 Å². The molecule has 10 nitrogen and oxygen atoms in total. The van der Waals surface area contributed by atoms with E-state index in [1.165, 1.54) is 35.1 Å². The number of fused-ring (bicyclic) bond motifs is 3. The van der Waals surface area contributed by atoms with Gasteiger partial charge in [0.25, 0.3) is 11.8 Å². The van der Waals surface area contributed by atoms with E-state index >= 15 is 0 Å². The summed E-state index contributed by atoms with van der Waals surface area (Å²) in [7, 11) is 0. The summed E-state index contributed by atoms with van der Waals surface area (Å²) in [6.07, 6.45) is -1.99. The number of hydrogen-bond donors (Lipinski definition) is 2. The Morgan fingerprint density at radius 3 is 2.76 bits per heavy atom. The van der Waals surface area contributed by atoms with E-state index in [9.17, 15) is 22.8 Å². The minimum atomic E-state index is -4.46. The molecule has 0 saturated heterocycles. The van der Waals surface area contributed by atoms with Crippen molar-refractivity contribution in [2.75, 3.05) is 13.2 Å². The van der Waals surface area contributed by atoms with Gasteiger partial charge in [0.15, 0.2) is 12.4 Å². The fourth-order valence-corrected chi connectivity index (χ4v) is 4.89. The van der Waals surface area contributed by atoms with Crippen molar-refractivity contribution < 1.29 is 27.5 Å². The second-order valence-corrected chi connectivity index (χ2v) is 8.88. The van der Waals surface area contributed by atoms with Crippen LogP contribution in [0.1, 0.15) is 49.7 Å². The number of pyridine rings is 1. The minimum absolute atomic E-state index is 0.0378. The molecule has 0 bridgehead atoms. The van der Waals surface area contributed by atoms with Gasteiger partial charge in [0, 0.05) is 12.6 Å². The summed E-state index contributed by atoms with van der Waals surface area (Å²) in [5, 5.41) is 27.9. The molecule has 1 aliphatic carbocycles. The van der Waals surface area contributed by atoms with Crippen molar-refractivity contribution in [1.82, 2.24) is 25.4 Å². The summed E-state index contributed by atoms with van der Waals surface area (Å²) in [6.45, 7) is -1.70. The number of alkyl halides is 3. The van der Waals surface area contributed by atoms with Crippen molar-refractivity contribution in [3.63, 3.8) is 0 Å². The number of benzene rings is 1. The number of carbonyl (C=O) groups excluding carboxylic acids is 2. The quantitative estimate of drug-likeness (QED) is 0.491. The molecule has 2 aromatic heterocycles. The third kappa shape index (κ3) is 4.39. The first-order valence-electron chi connectivity index (χ1n) is 11.4. The first kappa shape index (κ1) is 24.8. The van der Waals surface area contributed by atoms with E-state index in [2.05, 4.69) is 20.7 Å². The molecular formula is C25H18F3N7O3. The zero-order valence-corrected chi connectivity index (χ0v) is 19.6. The Labute approximate surface area is 213 Å². The molecule has 1 spiro atoms. The van der Waals surface area contributed by atoms with Gasteiger partial charge < -0.3 is 15.4 Å². The normalized spacial score (nSPS) is 17.7. The number of carbonyl (C=O) groups is 2. The molecule has 1 atom stereocenters. The Morgan fingerprint density at radius 2 is 2.08 bits per heavy atom. The lowest BCUT2D eigenvalue weighted by atomic mass is 9.82. The number of nitrogens with one attached hydrogen (secondary N) is 2. The van der Waals surface area contributed by atoms with E-state index in [4.69, 9.17) is 15.3 Å². The van der Waals surface area contributed by atoms with Crippen molar-refractivity contribution in [3.8, 4) is 23.7 Å². The largest absolute Gasteiger partial charge is 0.484 e. The first-order chi connectivity index (χ1) is 18.1. The summed E-state index contributed by atoms with van der Waals surface area (Å²) in [4.78, 5) is 30.6. The number of aryl methyl sites for hydroxylation is 1. The van der Waals surface area contributed by atoms with Gasteiger partial charge in [-0.05, 0) is 48.2 Å². The fourth-order valence-electron chi connectivity index (χ4n) is 4.89. The predicted molar refractivity (Wildman–Crippen MR) is 123 cm³/mol. The van der Waals surface area contributed by atoms with Crippen LogP contribution in [-0.2, 0) is 18.4 Å². The highest BCUT2D eigenvalue weighted by atomic mass is 19.4. The standard InChI is InChI=1S/C25H18F3N7O3/c26-25(27,28)13-38-16-2-3-17-15(9-16)5-6-24(17)10-18-20(22(36)33-24)21(23(37)31-8-7-29)35(34-18)19-4-1-14(11-30)12-32-19/h1-4,9,12H,5-6,8,10,13H2,(H,31,37)(H,33,36)/t24-/m1/s1. The molecule has 3 heterocycles. The van der Waals surface area contributed by atoms with Gasteiger partial charge >= 0.3 is 6.18 Å². The van der Waals surface area contributed by atoms with Gasteiger partial charge in [0.2, 0.25) is 0 Å². The van der Waals surface area contributed by atoms with Crippen molar-refractivity contribution >= 4 is 11.8 Å². The first-order valence-corrected chi connectivity index (χ1v) is 11.4. The predicted octanol–water partition coefficient (Wildman–Crippen LogP) is 2.46. The zero-order valence-electron chi connectivity index (χ0n) is 19.6. The second kappa shape index (κ2) is 9.19. The van der Waals surface area contributed by atoms with Crippen LogP contribution in [0.4, 0.5) is 13.2 Å². The van der Waals surface area contributed by atoms with E-state index in [1.807, 2.05) is 12.1 Å².